The number of aromatic nitrogens is 2. The molecule has 0 spiro atoms. The van der Waals surface area contributed by atoms with E-state index in [0.717, 1.165) is 11.8 Å². The van der Waals surface area contributed by atoms with Gasteiger partial charge >= 0.3 is 0 Å². The van der Waals surface area contributed by atoms with Gasteiger partial charge in [-0.25, -0.2) is 9.97 Å². The Kier molecular flexibility index (Phi) is 3.61. The van der Waals surface area contributed by atoms with E-state index in [1.807, 2.05) is 24.3 Å². The fraction of sp³-hybridized carbons (Fsp3) is 0.0714. The van der Waals surface area contributed by atoms with Gasteiger partial charge in [0.1, 0.15) is 17.7 Å². The van der Waals surface area contributed by atoms with Crippen LogP contribution in [-0.4, -0.2) is 16.3 Å². The van der Waals surface area contributed by atoms with Crippen LogP contribution in [0.2, 0.25) is 0 Å². The Hall–Kier alpha value is -2.47. The molecule has 3 heteroatoms. The molecule has 17 heavy (non-hydrogen) atoms. The fourth-order valence-electron chi connectivity index (χ4n) is 1.37. The van der Waals surface area contributed by atoms with Gasteiger partial charge in [-0.15, -0.1) is 0 Å². The zero-order valence-electron chi connectivity index (χ0n) is 9.13. The van der Waals surface area contributed by atoms with Crippen molar-refractivity contribution in [3.8, 4) is 11.8 Å². The minimum atomic E-state index is 0.333. The fourth-order valence-corrected chi connectivity index (χ4v) is 1.37. The molecule has 2 heterocycles. The summed E-state index contributed by atoms with van der Waals surface area (Å²) in [6.45, 7) is 0. The number of rotatable bonds is 2. The van der Waals surface area contributed by atoms with E-state index in [-0.39, 0.29) is 0 Å². The van der Waals surface area contributed by atoms with Gasteiger partial charge in [-0.1, -0.05) is 12.1 Å². The zero-order chi connectivity index (χ0) is 11.9. The van der Waals surface area contributed by atoms with Crippen molar-refractivity contribution in [3.63, 3.8) is 0 Å². The Morgan fingerprint density at radius 2 is 1.94 bits per heavy atom. The average Bonchev–Trinajstić information content (AvgIpc) is 2.39. The molecule has 2 rings (SSSR count). The van der Waals surface area contributed by atoms with Crippen LogP contribution in [0.15, 0.2) is 42.7 Å². The maximum absolute atomic E-state index is 10.5. The van der Waals surface area contributed by atoms with Crippen molar-refractivity contribution in [2.45, 2.75) is 6.42 Å². The number of nitrogens with zero attached hydrogens (tertiary/aromatic N) is 2. The molecule has 82 valence electrons. The second-order valence-electron chi connectivity index (χ2n) is 3.35. The monoisotopic (exact) mass is 222 g/mol. The summed E-state index contributed by atoms with van der Waals surface area (Å²) in [6, 6.07) is 9.19. The molecular weight excluding hydrogens is 212 g/mol. The quantitative estimate of drug-likeness (QED) is 0.572. The summed E-state index contributed by atoms with van der Waals surface area (Å²) in [7, 11) is 0. The van der Waals surface area contributed by atoms with E-state index in [1.54, 1.807) is 18.5 Å². The van der Waals surface area contributed by atoms with E-state index in [2.05, 4.69) is 21.8 Å². The summed E-state index contributed by atoms with van der Waals surface area (Å²) in [5.74, 6) is 5.85. The lowest BCUT2D eigenvalue weighted by atomic mass is 10.1. The van der Waals surface area contributed by atoms with E-state index >= 15 is 0 Å². The molecule has 0 unspecified atom stereocenters. The predicted molar refractivity (Wildman–Crippen MR) is 64.2 cm³/mol. The number of hydrogen-bond donors (Lipinski definition) is 0. The molecule has 0 aromatic carbocycles. The molecule has 0 atom stereocenters. The maximum atomic E-state index is 10.5. The van der Waals surface area contributed by atoms with Crippen LogP contribution in [0.25, 0.3) is 0 Å². The molecule has 2 aromatic rings. The highest BCUT2D eigenvalue weighted by molar-refractivity contribution is 5.57. The number of carbonyl (C=O) groups is 1. The first-order chi connectivity index (χ1) is 8.40. The van der Waals surface area contributed by atoms with Gasteiger partial charge in [0.15, 0.2) is 0 Å². The predicted octanol–water partition coefficient (Wildman–Crippen LogP) is 1.62. The topological polar surface area (TPSA) is 42.9 Å². The number of pyridine rings is 2. The van der Waals surface area contributed by atoms with Crippen LogP contribution in [0.4, 0.5) is 0 Å². The second-order valence-corrected chi connectivity index (χ2v) is 3.35. The van der Waals surface area contributed by atoms with Gasteiger partial charge in [0.25, 0.3) is 0 Å². The van der Waals surface area contributed by atoms with Gasteiger partial charge in [0.2, 0.25) is 0 Å². The van der Waals surface area contributed by atoms with Crippen LogP contribution in [-0.2, 0) is 11.2 Å². The van der Waals surface area contributed by atoms with Crippen molar-refractivity contribution in [1.29, 1.82) is 0 Å². The van der Waals surface area contributed by atoms with Crippen LogP contribution in [0, 0.1) is 11.8 Å². The molecule has 3 nitrogen and oxygen atoms in total. The third kappa shape index (κ3) is 2.99. The average molecular weight is 222 g/mol. The van der Waals surface area contributed by atoms with E-state index in [0.29, 0.717) is 17.8 Å². The minimum absolute atomic E-state index is 0.333. The lowest BCUT2D eigenvalue weighted by molar-refractivity contribution is -0.107. The summed E-state index contributed by atoms with van der Waals surface area (Å²) in [6.07, 6.45) is 4.54. The molecule has 0 aliphatic carbocycles. The number of aldehydes is 1. The van der Waals surface area contributed by atoms with E-state index in [9.17, 15) is 4.79 Å². The Morgan fingerprint density at radius 1 is 1.06 bits per heavy atom. The standard InChI is InChI=1S/C14H10N2O/c17-11-8-12-4-3-10-16-14(12)7-6-13-5-1-2-9-15-13/h1-5,9-11H,8H2. The van der Waals surface area contributed by atoms with E-state index < -0.39 is 0 Å². The summed E-state index contributed by atoms with van der Waals surface area (Å²) < 4.78 is 0. The summed E-state index contributed by atoms with van der Waals surface area (Å²) >= 11 is 0. The molecule has 2 aromatic heterocycles. The Balaban J connectivity index is 2.30. The highest BCUT2D eigenvalue weighted by Crippen LogP contribution is 2.03. The Labute approximate surface area is 99.5 Å². The highest BCUT2D eigenvalue weighted by atomic mass is 16.1. The highest BCUT2D eigenvalue weighted by Gasteiger charge is 1.98. The number of hydrogen-bond acceptors (Lipinski definition) is 3. The summed E-state index contributed by atoms with van der Waals surface area (Å²) in [5.41, 5.74) is 2.16. The molecule has 0 bridgehead atoms. The van der Waals surface area contributed by atoms with Crippen molar-refractivity contribution in [3.05, 3.63) is 59.7 Å². The van der Waals surface area contributed by atoms with Crippen LogP contribution in [0.5, 0.6) is 0 Å². The van der Waals surface area contributed by atoms with Crippen LogP contribution in [0.3, 0.4) is 0 Å². The third-order valence-electron chi connectivity index (χ3n) is 2.17. The smallest absolute Gasteiger partial charge is 0.124 e. The van der Waals surface area contributed by atoms with Gasteiger partial charge in [-0.2, -0.15) is 0 Å². The molecule has 0 aliphatic rings. The minimum Gasteiger partial charge on any atom is -0.303 e. The summed E-state index contributed by atoms with van der Waals surface area (Å²) in [5, 5.41) is 0. The first kappa shape index (κ1) is 11.0. The zero-order valence-corrected chi connectivity index (χ0v) is 9.13. The first-order valence-electron chi connectivity index (χ1n) is 5.21. The van der Waals surface area contributed by atoms with Gasteiger partial charge < -0.3 is 4.79 Å². The van der Waals surface area contributed by atoms with Crippen molar-refractivity contribution >= 4 is 6.29 Å². The first-order valence-corrected chi connectivity index (χ1v) is 5.21. The van der Waals surface area contributed by atoms with Crippen LogP contribution in [0.1, 0.15) is 17.0 Å². The van der Waals surface area contributed by atoms with Gasteiger partial charge in [0, 0.05) is 18.8 Å². The van der Waals surface area contributed by atoms with Crippen molar-refractivity contribution in [1.82, 2.24) is 9.97 Å². The van der Waals surface area contributed by atoms with Gasteiger partial charge in [-0.05, 0) is 35.6 Å². The van der Waals surface area contributed by atoms with E-state index in [1.165, 1.54) is 0 Å². The lowest BCUT2D eigenvalue weighted by Crippen LogP contribution is -1.94. The third-order valence-corrected chi connectivity index (χ3v) is 2.17. The second kappa shape index (κ2) is 5.57. The molecule has 0 saturated heterocycles. The Morgan fingerprint density at radius 3 is 2.71 bits per heavy atom. The molecule has 0 fully saturated rings. The molecular formula is C14H10N2O. The lowest BCUT2D eigenvalue weighted by Gasteiger charge is -1.97. The molecule has 0 saturated carbocycles. The maximum Gasteiger partial charge on any atom is 0.124 e. The molecule has 0 amide bonds. The van der Waals surface area contributed by atoms with Crippen molar-refractivity contribution in [2.24, 2.45) is 0 Å². The molecule has 0 N–H and O–H groups in total. The Bertz CT molecular complexity index is 568. The van der Waals surface area contributed by atoms with Gasteiger partial charge in [0.05, 0.1) is 0 Å². The SMILES string of the molecule is O=CCc1cccnc1C#Cc1ccccn1. The van der Waals surface area contributed by atoms with Crippen molar-refractivity contribution in [2.75, 3.05) is 0 Å². The van der Waals surface area contributed by atoms with E-state index in [4.69, 9.17) is 0 Å². The normalized spacial score (nSPS) is 9.18. The molecule has 0 aliphatic heterocycles. The largest absolute Gasteiger partial charge is 0.303 e. The number of carbonyl (C=O) groups excluding carboxylic acids is 1. The van der Waals surface area contributed by atoms with Crippen molar-refractivity contribution < 1.29 is 4.79 Å². The van der Waals surface area contributed by atoms with Crippen LogP contribution < -0.4 is 0 Å². The van der Waals surface area contributed by atoms with Crippen LogP contribution >= 0.6 is 0 Å². The molecule has 0 radical (unpaired) electrons. The summed E-state index contributed by atoms with van der Waals surface area (Å²) in [4.78, 5) is 18.8. The van der Waals surface area contributed by atoms with Gasteiger partial charge in [-0.3, -0.25) is 0 Å².